The van der Waals surface area contributed by atoms with Gasteiger partial charge in [-0.05, 0) is 31.2 Å². The first-order chi connectivity index (χ1) is 11.6. The fourth-order valence-electron chi connectivity index (χ4n) is 1.83. The van der Waals surface area contributed by atoms with Crippen molar-refractivity contribution in [1.29, 1.82) is 0 Å². The van der Waals surface area contributed by atoms with E-state index in [-0.39, 0.29) is 24.8 Å². The van der Waals surface area contributed by atoms with Gasteiger partial charge in [0.05, 0.1) is 11.4 Å². The van der Waals surface area contributed by atoms with Gasteiger partial charge in [0.15, 0.2) is 0 Å². The third-order valence-corrected chi connectivity index (χ3v) is 3.83. The molecule has 6 nitrogen and oxygen atoms in total. The zero-order valence-corrected chi connectivity index (χ0v) is 13.5. The summed E-state index contributed by atoms with van der Waals surface area (Å²) in [5.74, 6) is -0.293. The highest BCUT2D eigenvalue weighted by molar-refractivity contribution is 7.09. The molecule has 2 heterocycles. The van der Waals surface area contributed by atoms with E-state index in [0.717, 1.165) is 5.01 Å². The van der Waals surface area contributed by atoms with Crippen LogP contribution < -0.4 is 4.74 Å². The van der Waals surface area contributed by atoms with Gasteiger partial charge in [-0.1, -0.05) is 5.16 Å². The minimum Gasteiger partial charge on any atom is -0.486 e. The fraction of sp³-hybridized carbons (Fsp3) is 0.188. The highest BCUT2D eigenvalue weighted by Crippen LogP contribution is 2.16. The molecule has 0 amide bonds. The molecule has 0 aliphatic carbocycles. The van der Waals surface area contributed by atoms with Crippen LogP contribution in [0.2, 0.25) is 0 Å². The molecule has 0 aliphatic heterocycles. The largest absolute Gasteiger partial charge is 0.486 e. The lowest BCUT2D eigenvalue weighted by Crippen LogP contribution is -2.04. The molecule has 24 heavy (non-hydrogen) atoms. The van der Waals surface area contributed by atoms with E-state index in [4.69, 9.17) is 14.0 Å². The van der Waals surface area contributed by atoms with Crippen molar-refractivity contribution in [2.45, 2.75) is 20.1 Å². The third kappa shape index (κ3) is 4.17. The molecule has 3 aromatic rings. The van der Waals surface area contributed by atoms with Crippen molar-refractivity contribution in [2.75, 3.05) is 0 Å². The Morgan fingerprint density at radius 1 is 1.29 bits per heavy atom. The van der Waals surface area contributed by atoms with Crippen molar-refractivity contribution in [3.63, 3.8) is 0 Å². The molecule has 0 spiro atoms. The van der Waals surface area contributed by atoms with E-state index in [0.29, 0.717) is 17.1 Å². The van der Waals surface area contributed by atoms with Gasteiger partial charge >= 0.3 is 5.97 Å². The summed E-state index contributed by atoms with van der Waals surface area (Å²) in [4.78, 5) is 16.1. The van der Waals surface area contributed by atoms with Crippen LogP contribution in [-0.2, 0) is 18.0 Å². The molecule has 1 aromatic carbocycles. The summed E-state index contributed by atoms with van der Waals surface area (Å²) in [6, 6.07) is 7.25. The summed E-state index contributed by atoms with van der Waals surface area (Å²) >= 11 is 1.39. The van der Waals surface area contributed by atoms with E-state index in [1.807, 2.05) is 0 Å². The summed E-state index contributed by atoms with van der Waals surface area (Å²) < 4.78 is 28.3. The lowest BCUT2D eigenvalue weighted by Gasteiger charge is -2.03. The lowest BCUT2D eigenvalue weighted by molar-refractivity contribution is 0.0421. The number of ether oxygens (including phenoxy) is 2. The van der Waals surface area contributed by atoms with E-state index >= 15 is 0 Å². The van der Waals surface area contributed by atoms with Crippen molar-refractivity contribution in [1.82, 2.24) is 10.1 Å². The highest BCUT2D eigenvalue weighted by Gasteiger charge is 2.14. The summed E-state index contributed by atoms with van der Waals surface area (Å²) in [7, 11) is 0. The van der Waals surface area contributed by atoms with E-state index in [1.165, 1.54) is 29.5 Å². The van der Waals surface area contributed by atoms with Crippen molar-refractivity contribution in [2.24, 2.45) is 0 Å². The van der Waals surface area contributed by atoms with Crippen LogP contribution in [0.25, 0.3) is 0 Å². The Kier molecular flexibility index (Phi) is 4.85. The molecular weight excluding hydrogens is 335 g/mol. The molecule has 8 heteroatoms. The summed E-state index contributed by atoms with van der Waals surface area (Å²) in [5.41, 5.74) is 1.22. The number of aromatic nitrogens is 2. The predicted molar refractivity (Wildman–Crippen MR) is 83.2 cm³/mol. The Bertz CT molecular complexity index is 829. The summed E-state index contributed by atoms with van der Waals surface area (Å²) in [6.45, 7) is 2.01. The molecular formula is C16H13FN2O4S. The van der Waals surface area contributed by atoms with Crippen LogP contribution >= 0.6 is 11.3 Å². The Morgan fingerprint density at radius 3 is 2.79 bits per heavy atom. The maximum Gasteiger partial charge on any atom is 0.377 e. The average Bonchev–Trinajstić information content (AvgIpc) is 3.21. The molecule has 0 unspecified atom stereocenters. The number of aryl methyl sites for hydroxylation is 1. The maximum atomic E-state index is 12.8. The van der Waals surface area contributed by atoms with Crippen LogP contribution in [0.4, 0.5) is 4.39 Å². The number of hydrogen-bond donors (Lipinski definition) is 0. The van der Waals surface area contributed by atoms with E-state index in [2.05, 4.69) is 10.1 Å². The average molecular weight is 348 g/mol. The maximum absolute atomic E-state index is 12.8. The van der Waals surface area contributed by atoms with Crippen LogP contribution in [0.5, 0.6) is 5.75 Å². The zero-order chi connectivity index (χ0) is 16.9. The molecule has 3 rings (SSSR count). The topological polar surface area (TPSA) is 74.5 Å². The quantitative estimate of drug-likeness (QED) is 0.635. The number of hydrogen-bond acceptors (Lipinski definition) is 7. The Labute approximate surface area is 140 Å². The number of halogens is 1. The van der Waals surface area contributed by atoms with Crippen molar-refractivity contribution < 1.29 is 23.2 Å². The van der Waals surface area contributed by atoms with E-state index in [9.17, 15) is 9.18 Å². The fourth-order valence-corrected chi connectivity index (χ4v) is 2.52. The van der Waals surface area contributed by atoms with Gasteiger partial charge in [-0.25, -0.2) is 14.2 Å². The molecule has 0 bridgehead atoms. The number of thiazole rings is 1. The minimum atomic E-state index is -0.590. The first kappa shape index (κ1) is 16.1. The molecule has 0 saturated carbocycles. The predicted octanol–water partition coefficient (Wildman–Crippen LogP) is 3.51. The Morgan fingerprint density at radius 2 is 2.08 bits per heavy atom. The molecule has 0 aliphatic rings. The molecule has 2 aromatic heterocycles. The van der Waals surface area contributed by atoms with Gasteiger partial charge in [-0.3, -0.25) is 0 Å². The normalized spacial score (nSPS) is 10.6. The summed E-state index contributed by atoms with van der Waals surface area (Å²) in [5, 5.41) is 6.13. The second kappa shape index (κ2) is 7.22. The van der Waals surface area contributed by atoms with Crippen LogP contribution in [0.15, 0.2) is 40.2 Å². The summed E-state index contributed by atoms with van der Waals surface area (Å²) in [6.07, 6.45) is 0. The standard InChI is InChI=1S/C16H13FN2O4S/c1-10-6-14(23-19-10)16(20)22-7-12-9-24-15(18-12)8-21-13-4-2-11(17)3-5-13/h2-6,9H,7-8H2,1H3. The first-order valence-corrected chi connectivity index (χ1v) is 7.90. The number of benzene rings is 1. The zero-order valence-electron chi connectivity index (χ0n) is 12.7. The van der Waals surface area contributed by atoms with Gasteiger partial charge in [0, 0.05) is 11.4 Å². The third-order valence-electron chi connectivity index (χ3n) is 2.96. The molecule has 0 fully saturated rings. The number of carbonyl (C=O) groups excluding carboxylic acids is 1. The van der Waals surface area contributed by atoms with Crippen LogP contribution in [0, 0.1) is 12.7 Å². The Hall–Kier alpha value is -2.74. The molecule has 0 atom stereocenters. The van der Waals surface area contributed by atoms with Crippen LogP contribution in [0.1, 0.15) is 27.0 Å². The van der Waals surface area contributed by atoms with Crippen LogP contribution in [0.3, 0.4) is 0 Å². The van der Waals surface area contributed by atoms with Crippen LogP contribution in [-0.4, -0.2) is 16.1 Å². The number of carbonyl (C=O) groups is 1. The van der Waals surface area contributed by atoms with Crippen molar-refractivity contribution in [3.05, 3.63) is 63.7 Å². The Balaban J connectivity index is 1.50. The van der Waals surface area contributed by atoms with Gasteiger partial charge in [-0.2, -0.15) is 0 Å². The number of nitrogens with zero attached hydrogens (tertiary/aromatic N) is 2. The smallest absolute Gasteiger partial charge is 0.377 e. The van der Waals surface area contributed by atoms with Gasteiger partial charge in [0.25, 0.3) is 0 Å². The van der Waals surface area contributed by atoms with E-state index in [1.54, 1.807) is 24.4 Å². The lowest BCUT2D eigenvalue weighted by atomic mass is 10.3. The van der Waals surface area contributed by atoms with Gasteiger partial charge < -0.3 is 14.0 Å². The van der Waals surface area contributed by atoms with E-state index < -0.39 is 5.97 Å². The molecule has 0 N–H and O–H groups in total. The first-order valence-electron chi connectivity index (χ1n) is 7.02. The SMILES string of the molecule is Cc1cc(C(=O)OCc2csc(COc3ccc(F)cc3)n2)on1. The second-order valence-electron chi connectivity index (χ2n) is 4.88. The monoisotopic (exact) mass is 348 g/mol. The van der Waals surface area contributed by atoms with Gasteiger partial charge in [-0.15, -0.1) is 11.3 Å². The highest BCUT2D eigenvalue weighted by atomic mass is 32.1. The number of rotatable bonds is 6. The van der Waals surface area contributed by atoms with Crippen molar-refractivity contribution >= 4 is 17.3 Å². The van der Waals surface area contributed by atoms with Crippen molar-refractivity contribution in [3.8, 4) is 5.75 Å². The van der Waals surface area contributed by atoms with Gasteiger partial charge in [0.2, 0.25) is 5.76 Å². The molecule has 0 radical (unpaired) electrons. The minimum absolute atomic E-state index is 0.0334. The second-order valence-corrected chi connectivity index (χ2v) is 5.83. The molecule has 0 saturated heterocycles. The molecule has 124 valence electrons. The number of esters is 1. The van der Waals surface area contributed by atoms with Gasteiger partial charge in [0.1, 0.15) is 29.8 Å².